The third-order valence-corrected chi connectivity index (χ3v) is 4.37. The molecule has 6 nitrogen and oxygen atoms in total. The molecule has 0 unspecified atom stereocenters. The van der Waals surface area contributed by atoms with Crippen molar-refractivity contribution < 1.29 is 14.3 Å². The Hall–Kier alpha value is -3.06. The van der Waals surface area contributed by atoms with Crippen molar-refractivity contribution in [2.45, 2.75) is 0 Å². The summed E-state index contributed by atoms with van der Waals surface area (Å²) in [5.41, 5.74) is 4.77. The number of benzene rings is 2. The molecule has 1 N–H and O–H groups in total. The van der Waals surface area contributed by atoms with Gasteiger partial charge in [-0.1, -0.05) is 15.9 Å². The highest BCUT2D eigenvalue weighted by Crippen LogP contribution is 2.22. The molecule has 0 bridgehead atoms. The molecule has 27 heavy (non-hydrogen) atoms. The van der Waals surface area contributed by atoms with Crippen LogP contribution in [-0.2, 0) is 0 Å². The average molecular weight is 428 g/mol. The second-order valence-electron chi connectivity index (χ2n) is 5.59. The van der Waals surface area contributed by atoms with E-state index >= 15 is 0 Å². The minimum atomic E-state index is -0.348. The van der Waals surface area contributed by atoms with Crippen molar-refractivity contribution in [3.05, 3.63) is 76.5 Å². The molecule has 0 spiro atoms. The predicted molar refractivity (Wildman–Crippen MR) is 108 cm³/mol. The molecule has 0 atom stereocenters. The quantitative estimate of drug-likeness (QED) is 0.477. The van der Waals surface area contributed by atoms with Gasteiger partial charge in [-0.15, -0.1) is 0 Å². The summed E-state index contributed by atoms with van der Waals surface area (Å²) >= 11 is 3.35. The maximum atomic E-state index is 12.3. The largest absolute Gasteiger partial charge is 0.497 e. The summed E-state index contributed by atoms with van der Waals surface area (Å²) in [6, 6.07) is 14.8. The molecule has 0 saturated heterocycles. The van der Waals surface area contributed by atoms with E-state index in [2.05, 4.69) is 26.5 Å². The lowest BCUT2D eigenvalue weighted by molar-refractivity contribution is 0.0952. The number of amides is 1. The SMILES string of the molecule is COc1ccc(-n2ccc(/C=N\NC(=O)c3cc(Br)ccc3OC)c2)cc1. The molecule has 0 aliphatic carbocycles. The summed E-state index contributed by atoms with van der Waals surface area (Å²) in [5, 5.41) is 4.03. The zero-order chi connectivity index (χ0) is 19.2. The van der Waals surface area contributed by atoms with Gasteiger partial charge in [-0.2, -0.15) is 5.10 Å². The van der Waals surface area contributed by atoms with Gasteiger partial charge in [-0.3, -0.25) is 4.79 Å². The van der Waals surface area contributed by atoms with Crippen molar-refractivity contribution in [3.8, 4) is 17.2 Å². The zero-order valence-corrected chi connectivity index (χ0v) is 16.4. The van der Waals surface area contributed by atoms with Crippen LogP contribution in [0.4, 0.5) is 0 Å². The van der Waals surface area contributed by atoms with Crippen molar-refractivity contribution >= 4 is 28.1 Å². The summed E-state index contributed by atoms with van der Waals surface area (Å²) in [7, 11) is 3.16. The van der Waals surface area contributed by atoms with Gasteiger partial charge in [0.2, 0.25) is 0 Å². The fourth-order valence-corrected chi connectivity index (χ4v) is 2.85. The first-order valence-corrected chi connectivity index (χ1v) is 8.89. The molecule has 7 heteroatoms. The van der Waals surface area contributed by atoms with Gasteiger partial charge >= 0.3 is 0 Å². The minimum absolute atomic E-state index is 0.348. The molecule has 0 fully saturated rings. The van der Waals surface area contributed by atoms with Crippen LogP contribution in [0.3, 0.4) is 0 Å². The Morgan fingerprint density at radius 1 is 1.11 bits per heavy atom. The van der Waals surface area contributed by atoms with E-state index in [1.807, 2.05) is 47.3 Å². The van der Waals surface area contributed by atoms with Crippen molar-refractivity contribution in [1.82, 2.24) is 9.99 Å². The van der Waals surface area contributed by atoms with Gasteiger partial charge in [-0.25, -0.2) is 5.43 Å². The first-order valence-electron chi connectivity index (χ1n) is 8.10. The minimum Gasteiger partial charge on any atom is -0.497 e. The molecular formula is C20H18BrN3O3. The first kappa shape index (κ1) is 18.7. The zero-order valence-electron chi connectivity index (χ0n) is 14.8. The molecule has 2 aromatic carbocycles. The number of hydrazone groups is 1. The molecule has 0 aliphatic heterocycles. The lowest BCUT2D eigenvalue weighted by Crippen LogP contribution is -2.18. The number of hydrogen-bond donors (Lipinski definition) is 1. The highest BCUT2D eigenvalue weighted by Gasteiger charge is 2.12. The van der Waals surface area contributed by atoms with E-state index < -0.39 is 0 Å². The number of methoxy groups -OCH3 is 2. The van der Waals surface area contributed by atoms with Crippen LogP contribution in [0.5, 0.6) is 11.5 Å². The van der Waals surface area contributed by atoms with Gasteiger partial charge in [0.25, 0.3) is 5.91 Å². The van der Waals surface area contributed by atoms with Gasteiger partial charge in [0.15, 0.2) is 0 Å². The molecule has 0 saturated carbocycles. The maximum Gasteiger partial charge on any atom is 0.275 e. The van der Waals surface area contributed by atoms with Gasteiger partial charge in [0, 0.05) is 28.1 Å². The maximum absolute atomic E-state index is 12.3. The molecular weight excluding hydrogens is 410 g/mol. The molecule has 0 aliphatic rings. The Labute approximate surface area is 165 Å². The Bertz CT molecular complexity index is 965. The van der Waals surface area contributed by atoms with E-state index in [0.717, 1.165) is 21.5 Å². The fourth-order valence-electron chi connectivity index (χ4n) is 2.49. The molecule has 0 radical (unpaired) electrons. The molecule has 3 aromatic rings. The Kier molecular flexibility index (Phi) is 5.93. The number of ether oxygens (including phenoxy) is 2. The van der Waals surface area contributed by atoms with Crippen LogP contribution in [0.2, 0.25) is 0 Å². The van der Waals surface area contributed by atoms with Crippen LogP contribution in [-0.4, -0.2) is 30.9 Å². The van der Waals surface area contributed by atoms with E-state index in [1.165, 1.54) is 7.11 Å². The highest BCUT2D eigenvalue weighted by molar-refractivity contribution is 9.10. The fraction of sp³-hybridized carbons (Fsp3) is 0.100. The number of nitrogens with one attached hydrogen (secondary N) is 1. The number of aromatic nitrogens is 1. The number of carbonyl (C=O) groups excluding carboxylic acids is 1. The summed E-state index contributed by atoms with van der Waals surface area (Å²) in [5.74, 6) is 0.939. The van der Waals surface area contributed by atoms with Crippen LogP contribution in [0, 0.1) is 0 Å². The summed E-state index contributed by atoms with van der Waals surface area (Å²) < 4.78 is 13.1. The smallest absolute Gasteiger partial charge is 0.275 e. The second-order valence-corrected chi connectivity index (χ2v) is 6.51. The van der Waals surface area contributed by atoms with Crippen LogP contribution < -0.4 is 14.9 Å². The molecule has 138 valence electrons. The van der Waals surface area contributed by atoms with Crippen molar-refractivity contribution in [3.63, 3.8) is 0 Å². The van der Waals surface area contributed by atoms with Gasteiger partial charge in [0.05, 0.1) is 26.0 Å². The van der Waals surface area contributed by atoms with Crippen LogP contribution >= 0.6 is 15.9 Å². The molecule has 1 amide bonds. The van der Waals surface area contributed by atoms with Crippen molar-refractivity contribution in [2.24, 2.45) is 5.10 Å². The van der Waals surface area contributed by atoms with E-state index in [4.69, 9.17) is 9.47 Å². The van der Waals surface area contributed by atoms with Crippen LogP contribution in [0.25, 0.3) is 5.69 Å². The normalized spacial score (nSPS) is 10.8. The predicted octanol–water partition coefficient (Wildman–Crippen LogP) is 4.02. The topological polar surface area (TPSA) is 64.8 Å². The van der Waals surface area contributed by atoms with E-state index in [9.17, 15) is 4.79 Å². The van der Waals surface area contributed by atoms with Gasteiger partial charge in [0.1, 0.15) is 11.5 Å². The van der Waals surface area contributed by atoms with Gasteiger partial charge < -0.3 is 14.0 Å². The summed E-state index contributed by atoms with van der Waals surface area (Å²) in [6.07, 6.45) is 5.42. The number of halogens is 1. The Morgan fingerprint density at radius 2 is 1.89 bits per heavy atom. The van der Waals surface area contributed by atoms with E-state index in [0.29, 0.717) is 11.3 Å². The third kappa shape index (κ3) is 4.57. The number of hydrogen-bond acceptors (Lipinski definition) is 4. The van der Waals surface area contributed by atoms with Crippen LogP contribution in [0.15, 0.2) is 70.5 Å². The average Bonchev–Trinajstić information content (AvgIpc) is 3.17. The summed E-state index contributed by atoms with van der Waals surface area (Å²) in [4.78, 5) is 12.3. The number of rotatable bonds is 6. The van der Waals surface area contributed by atoms with Crippen LogP contribution in [0.1, 0.15) is 15.9 Å². The lowest BCUT2D eigenvalue weighted by atomic mass is 10.2. The first-order chi connectivity index (χ1) is 13.1. The second kappa shape index (κ2) is 8.55. The monoisotopic (exact) mass is 427 g/mol. The van der Waals surface area contributed by atoms with E-state index in [-0.39, 0.29) is 5.91 Å². The number of carbonyl (C=O) groups is 1. The Morgan fingerprint density at radius 3 is 2.59 bits per heavy atom. The molecule has 1 heterocycles. The standard InChI is InChI=1S/C20H18BrN3O3/c1-26-17-6-4-16(5-7-17)24-10-9-14(13-24)12-22-23-20(25)18-11-15(21)3-8-19(18)27-2/h3-13H,1-2H3,(H,23,25)/b22-12-. The van der Waals surface area contributed by atoms with Gasteiger partial charge in [-0.05, 0) is 48.5 Å². The van der Waals surface area contributed by atoms with E-state index in [1.54, 1.807) is 31.5 Å². The van der Waals surface area contributed by atoms with Crippen molar-refractivity contribution in [2.75, 3.05) is 14.2 Å². The molecule has 3 rings (SSSR count). The lowest BCUT2D eigenvalue weighted by Gasteiger charge is -2.07. The Balaban J connectivity index is 1.67. The van der Waals surface area contributed by atoms with Crippen molar-refractivity contribution in [1.29, 1.82) is 0 Å². The summed E-state index contributed by atoms with van der Waals surface area (Å²) in [6.45, 7) is 0. The third-order valence-electron chi connectivity index (χ3n) is 3.87. The molecule has 1 aromatic heterocycles. The highest BCUT2D eigenvalue weighted by atomic mass is 79.9. The number of nitrogens with zero attached hydrogens (tertiary/aromatic N) is 2.